The first kappa shape index (κ1) is 13.4. The Morgan fingerprint density at radius 1 is 1.44 bits per heavy atom. The van der Waals surface area contributed by atoms with E-state index in [-0.39, 0.29) is 11.9 Å². The third kappa shape index (κ3) is 3.04. The Bertz CT molecular complexity index is 336. The quantitative estimate of drug-likeness (QED) is 0.706. The second-order valence-corrected chi connectivity index (χ2v) is 5.30. The van der Waals surface area contributed by atoms with Crippen LogP contribution in [0.5, 0.6) is 0 Å². The van der Waals surface area contributed by atoms with Gasteiger partial charge in [-0.05, 0) is 32.7 Å². The van der Waals surface area contributed by atoms with Gasteiger partial charge in [0.2, 0.25) is 5.91 Å². The fourth-order valence-electron chi connectivity index (χ4n) is 3.13. The summed E-state index contributed by atoms with van der Waals surface area (Å²) in [5, 5.41) is 6.19. The Morgan fingerprint density at radius 3 is 3.06 bits per heavy atom. The van der Waals surface area contributed by atoms with E-state index in [1.165, 1.54) is 32.4 Å². The number of amides is 1. The minimum atomic E-state index is -0.162. The summed E-state index contributed by atoms with van der Waals surface area (Å²) in [5.74, 6) is 2.43. The molecule has 0 spiro atoms. The minimum absolute atomic E-state index is 0.00205. The molecule has 100 valence electrons. The number of carbonyl (C=O) groups is 1. The molecule has 4 nitrogen and oxygen atoms in total. The average Bonchev–Trinajstić information content (AvgIpc) is 2.79. The molecule has 2 N–H and O–H groups in total. The van der Waals surface area contributed by atoms with Gasteiger partial charge in [0.25, 0.3) is 0 Å². The van der Waals surface area contributed by atoms with Gasteiger partial charge in [0.15, 0.2) is 0 Å². The van der Waals surface area contributed by atoms with Gasteiger partial charge in [-0.1, -0.05) is 12.3 Å². The van der Waals surface area contributed by atoms with Crippen LogP contribution in [0.3, 0.4) is 0 Å². The highest BCUT2D eigenvalue weighted by molar-refractivity contribution is 5.81. The Morgan fingerprint density at radius 2 is 2.28 bits per heavy atom. The van der Waals surface area contributed by atoms with Crippen LogP contribution < -0.4 is 10.6 Å². The third-order valence-corrected chi connectivity index (χ3v) is 4.08. The summed E-state index contributed by atoms with van der Waals surface area (Å²) >= 11 is 0. The smallest absolute Gasteiger partial charge is 0.237 e. The Kier molecular flexibility index (Phi) is 4.62. The summed E-state index contributed by atoms with van der Waals surface area (Å²) in [5.41, 5.74) is 0. The summed E-state index contributed by atoms with van der Waals surface area (Å²) in [6.07, 6.45) is 10.2. The van der Waals surface area contributed by atoms with Crippen LogP contribution in [0.4, 0.5) is 0 Å². The number of carbonyl (C=O) groups excluding carboxylic acids is 1. The van der Waals surface area contributed by atoms with Crippen molar-refractivity contribution in [3.63, 3.8) is 0 Å². The van der Waals surface area contributed by atoms with Crippen molar-refractivity contribution < 1.29 is 4.79 Å². The predicted octanol–water partition coefficient (Wildman–Crippen LogP) is 0.341. The lowest BCUT2D eigenvalue weighted by Crippen LogP contribution is -2.51. The Hall–Kier alpha value is -1.05. The lowest BCUT2D eigenvalue weighted by molar-refractivity contribution is -0.122. The second-order valence-electron chi connectivity index (χ2n) is 5.30. The van der Waals surface area contributed by atoms with Gasteiger partial charge in [0.1, 0.15) is 0 Å². The van der Waals surface area contributed by atoms with E-state index in [4.69, 9.17) is 6.42 Å². The first-order chi connectivity index (χ1) is 8.72. The number of hydrogen-bond donors (Lipinski definition) is 2. The molecule has 0 aromatic carbocycles. The van der Waals surface area contributed by atoms with Gasteiger partial charge < -0.3 is 10.6 Å². The van der Waals surface area contributed by atoms with Crippen LogP contribution in [0.15, 0.2) is 0 Å². The van der Waals surface area contributed by atoms with Crippen LogP contribution >= 0.6 is 0 Å². The number of nitrogens with zero attached hydrogens (tertiary/aromatic N) is 1. The number of terminal acetylenes is 1. The first-order valence-electron chi connectivity index (χ1n) is 6.93. The fourth-order valence-corrected chi connectivity index (χ4v) is 3.13. The van der Waals surface area contributed by atoms with Crippen molar-refractivity contribution in [3.8, 4) is 12.3 Å². The van der Waals surface area contributed by atoms with Crippen LogP contribution in [-0.4, -0.2) is 48.6 Å². The number of rotatable bonds is 4. The lowest BCUT2D eigenvalue weighted by atomic mass is 9.98. The molecule has 0 aliphatic carbocycles. The molecule has 0 aromatic rings. The zero-order chi connectivity index (χ0) is 13.0. The zero-order valence-corrected chi connectivity index (χ0v) is 11.1. The van der Waals surface area contributed by atoms with Gasteiger partial charge in [0, 0.05) is 18.6 Å². The van der Waals surface area contributed by atoms with E-state index >= 15 is 0 Å². The standard InChI is InChI=1S/C14H23N3O/c1-3-8-15-14(18)11(2)16-12-7-10-17-9-5-4-6-13(12)17/h1,11-13,16H,4-10H2,2H3,(H,15,18). The van der Waals surface area contributed by atoms with E-state index in [1.54, 1.807) is 0 Å². The molecule has 2 saturated heterocycles. The highest BCUT2D eigenvalue weighted by Gasteiger charge is 2.36. The van der Waals surface area contributed by atoms with Crippen molar-refractivity contribution in [1.82, 2.24) is 15.5 Å². The van der Waals surface area contributed by atoms with E-state index < -0.39 is 0 Å². The average molecular weight is 249 g/mol. The van der Waals surface area contributed by atoms with Crippen LogP contribution in [0.1, 0.15) is 32.6 Å². The second kappa shape index (κ2) is 6.21. The highest BCUT2D eigenvalue weighted by atomic mass is 16.2. The van der Waals surface area contributed by atoms with Gasteiger partial charge in [-0.2, -0.15) is 0 Å². The van der Waals surface area contributed by atoms with Crippen molar-refractivity contribution in [2.24, 2.45) is 0 Å². The molecule has 0 saturated carbocycles. The molecule has 0 radical (unpaired) electrons. The van der Waals surface area contributed by atoms with Crippen LogP contribution in [-0.2, 0) is 4.79 Å². The highest BCUT2D eigenvalue weighted by Crippen LogP contribution is 2.27. The maximum Gasteiger partial charge on any atom is 0.237 e. The summed E-state index contributed by atoms with van der Waals surface area (Å²) in [6, 6.07) is 0.920. The maximum atomic E-state index is 11.8. The minimum Gasteiger partial charge on any atom is -0.344 e. The maximum absolute atomic E-state index is 11.8. The molecule has 2 fully saturated rings. The SMILES string of the molecule is C#CCNC(=O)C(C)NC1CCN2CCCCC12. The Balaban J connectivity index is 1.82. The van der Waals surface area contributed by atoms with Crippen molar-refractivity contribution in [2.75, 3.05) is 19.6 Å². The van der Waals surface area contributed by atoms with E-state index in [0.717, 1.165) is 6.42 Å². The van der Waals surface area contributed by atoms with Gasteiger partial charge in [0.05, 0.1) is 12.6 Å². The van der Waals surface area contributed by atoms with Crippen molar-refractivity contribution in [3.05, 3.63) is 0 Å². The monoisotopic (exact) mass is 249 g/mol. The van der Waals surface area contributed by atoms with E-state index in [9.17, 15) is 4.79 Å². The van der Waals surface area contributed by atoms with E-state index in [1.807, 2.05) is 6.92 Å². The molecule has 2 heterocycles. The van der Waals surface area contributed by atoms with Crippen molar-refractivity contribution in [2.45, 2.75) is 50.7 Å². The van der Waals surface area contributed by atoms with Crippen LogP contribution in [0.2, 0.25) is 0 Å². The van der Waals surface area contributed by atoms with Crippen LogP contribution in [0, 0.1) is 12.3 Å². The number of hydrogen-bond acceptors (Lipinski definition) is 3. The molecule has 18 heavy (non-hydrogen) atoms. The first-order valence-corrected chi connectivity index (χ1v) is 6.93. The van der Waals surface area contributed by atoms with Gasteiger partial charge in [-0.3, -0.25) is 9.69 Å². The van der Waals surface area contributed by atoms with E-state index in [0.29, 0.717) is 18.6 Å². The summed E-state index contributed by atoms with van der Waals surface area (Å²) < 4.78 is 0. The predicted molar refractivity (Wildman–Crippen MR) is 72.1 cm³/mol. The molecule has 1 amide bonds. The normalized spacial score (nSPS) is 29.3. The molecule has 2 aliphatic rings. The van der Waals surface area contributed by atoms with Gasteiger partial charge in [-0.15, -0.1) is 6.42 Å². The molecule has 3 unspecified atom stereocenters. The fraction of sp³-hybridized carbons (Fsp3) is 0.786. The largest absolute Gasteiger partial charge is 0.344 e. The molecular weight excluding hydrogens is 226 g/mol. The molecular formula is C14H23N3O. The summed E-state index contributed by atoms with van der Waals surface area (Å²) in [6.45, 7) is 4.62. The zero-order valence-electron chi connectivity index (χ0n) is 11.1. The Labute approximate surface area is 109 Å². The molecule has 0 aromatic heterocycles. The van der Waals surface area contributed by atoms with Gasteiger partial charge >= 0.3 is 0 Å². The summed E-state index contributed by atoms with van der Waals surface area (Å²) in [4.78, 5) is 14.3. The topological polar surface area (TPSA) is 44.4 Å². The molecule has 2 rings (SSSR count). The van der Waals surface area contributed by atoms with Gasteiger partial charge in [-0.25, -0.2) is 0 Å². The van der Waals surface area contributed by atoms with E-state index in [2.05, 4.69) is 21.5 Å². The molecule has 2 aliphatic heterocycles. The number of fused-ring (bicyclic) bond motifs is 1. The molecule has 0 bridgehead atoms. The van der Waals surface area contributed by atoms with Crippen molar-refractivity contribution in [1.29, 1.82) is 0 Å². The third-order valence-electron chi connectivity index (χ3n) is 4.08. The summed E-state index contributed by atoms with van der Waals surface area (Å²) in [7, 11) is 0. The number of nitrogens with one attached hydrogen (secondary N) is 2. The van der Waals surface area contributed by atoms with Crippen LogP contribution in [0.25, 0.3) is 0 Å². The molecule has 4 heteroatoms. The molecule has 3 atom stereocenters. The lowest BCUT2D eigenvalue weighted by Gasteiger charge is -2.33. The number of piperidine rings is 1. The van der Waals surface area contributed by atoms with Crippen molar-refractivity contribution >= 4 is 5.91 Å².